The summed E-state index contributed by atoms with van der Waals surface area (Å²) in [5.74, 6) is -0.161. The summed E-state index contributed by atoms with van der Waals surface area (Å²) >= 11 is 6.67. The van der Waals surface area contributed by atoms with Crippen molar-refractivity contribution in [2.24, 2.45) is 0 Å². The zero-order valence-electron chi connectivity index (χ0n) is 9.34. The number of benzene rings is 1. The summed E-state index contributed by atoms with van der Waals surface area (Å²) in [6.07, 6.45) is 1.07. The first-order valence-electron chi connectivity index (χ1n) is 5.21. The number of nitriles is 1. The molecule has 1 N–H and O–H groups in total. The molecule has 0 heterocycles. The average Bonchev–Trinajstić information content (AvgIpc) is 2.28. The van der Waals surface area contributed by atoms with Crippen LogP contribution < -0.4 is 5.32 Å². The van der Waals surface area contributed by atoms with Crippen LogP contribution in [0, 0.1) is 11.3 Å². The van der Waals surface area contributed by atoms with Gasteiger partial charge in [0.1, 0.15) is 0 Å². The highest BCUT2D eigenvalue weighted by atomic mass is 79.9. The van der Waals surface area contributed by atoms with Crippen LogP contribution in [-0.2, 0) is 0 Å². The molecule has 1 amide bonds. The number of halogens is 2. The number of carbonyl (C=O) groups is 1. The van der Waals surface area contributed by atoms with Crippen molar-refractivity contribution in [2.75, 3.05) is 0 Å². The van der Waals surface area contributed by atoms with Gasteiger partial charge < -0.3 is 5.32 Å². The third kappa shape index (κ3) is 4.14. The molecular weight excluding hydrogens is 348 g/mol. The Bertz CT molecular complexity index is 454. The molecule has 1 rings (SSSR count). The topological polar surface area (TPSA) is 52.9 Å². The quantitative estimate of drug-likeness (QED) is 0.892. The molecule has 0 spiro atoms. The van der Waals surface area contributed by atoms with Crippen molar-refractivity contribution in [1.82, 2.24) is 5.32 Å². The Morgan fingerprint density at radius 2 is 2.24 bits per heavy atom. The van der Waals surface area contributed by atoms with E-state index in [9.17, 15) is 4.79 Å². The molecule has 17 heavy (non-hydrogen) atoms. The van der Waals surface area contributed by atoms with Crippen LogP contribution in [0.5, 0.6) is 0 Å². The fourth-order valence-electron chi connectivity index (χ4n) is 1.34. The Hall–Kier alpha value is -0.860. The van der Waals surface area contributed by atoms with Crippen LogP contribution in [0.2, 0.25) is 0 Å². The standard InChI is InChI=1S/C12H12Br2N2O/c1-2-9(5-6-15)16-12(17)10-4-3-8(13)7-11(10)14/h3-4,7,9H,2,5H2,1H3,(H,16,17). The summed E-state index contributed by atoms with van der Waals surface area (Å²) in [5, 5.41) is 11.5. The van der Waals surface area contributed by atoms with Crippen LogP contribution in [0.3, 0.4) is 0 Å². The summed E-state index contributed by atoms with van der Waals surface area (Å²) in [4.78, 5) is 12.0. The minimum Gasteiger partial charge on any atom is -0.348 e. The highest BCUT2D eigenvalue weighted by Crippen LogP contribution is 2.22. The van der Waals surface area contributed by atoms with E-state index >= 15 is 0 Å². The fraction of sp³-hybridized carbons (Fsp3) is 0.333. The summed E-state index contributed by atoms with van der Waals surface area (Å²) in [6.45, 7) is 1.94. The van der Waals surface area contributed by atoms with Gasteiger partial charge in [-0.15, -0.1) is 0 Å². The Labute approximate surface area is 117 Å². The van der Waals surface area contributed by atoms with E-state index in [4.69, 9.17) is 5.26 Å². The first-order chi connectivity index (χ1) is 8.08. The van der Waals surface area contributed by atoms with Crippen molar-refractivity contribution in [3.8, 4) is 6.07 Å². The maximum atomic E-state index is 12.0. The monoisotopic (exact) mass is 358 g/mol. The van der Waals surface area contributed by atoms with Crippen LogP contribution in [-0.4, -0.2) is 11.9 Å². The van der Waals surface area contributed by atoms with E-state index in [-0.39, 0.29) is 11.9 Å². The SMILES string of the molecule is CCC(CC#N)NC(=O)c1ccc(Br)cc1Br. The molecular formula is C12H12Br2N2O. The van der Waals surface area contributed by atoms with Crippen molar-refractivity contribution in [2.45, 2.75) is 25.8 Å². The van der Waals surface area contributed by atoms with Gasteiger partial charge in [-0.1, -0.05) is 22.9 Å². The van der Waals surface area contributed by atoms with Gasteiger partial charge in [0.25, 0.3) is 5.91 Å². The van der Waals surface area contributed by atoms with E-state index in [2.05, 4.69) is 43.2 Å². The van der Waals surface area contributed by atoms with Crippen LogP contribution >= 0.6 is 31.9 Å². The molecule has 3 nitrogen and oxygen atoms in total. The van der Waals surface area contributed by atoms with Gasteiger partial charge in [-0.25, -0.2) is 0 Å². The van der Waals surface area contributed by atoms with Gasteiger partial charge in [0.15, 0.2) is 0 Å². The molecule has 0 aromatic heterocycles. The summed E-state index contributed by atoms with van der Waals surface area (Å²) < 4.78 is 1.64. The molecule has 1 atom stereocenters. The molecule has 0 aliphatic carbocycles. The second-order valence-electron chi connectivity index (χ2n) is 3.57. The van der Waals surface area contributed by atoms with Gasteiger partial charge in [-0.3, -0.25) is 4.79 Å². The second-order valence-corrected chi connectivity index (χ2v) is 5.34. The first-order valence-corrected chi connectivity index (χ1v) is 6.80. The average molecular weight is 360 g/mol. The Balaban J connectivity index is 2.79. The number of hydrogen-bond donors (Lipinski definition) is 1. The van der Waals surface area contributed by atoms with E-state index in [0.29, 0.717) is 12.0 Å². The highest BCUT2D eigenvalue weighted by Gasteiger charge is 2.14. The molecule has 0 bridgehead atoms. The van der Waals surface area contributed by atoms with E-state index in [0.717, 1.165) is 15.4 Å². The van der Waals surface area contributed by atoms with E-state index < -0.39 is 0 Å². The normalized spacial score (nSPS) is 11.6. The molecule has 0 saturated carbocycles. The Morgan fingerprint density at radius 1 is 1.53 bits per heavy atom. The van der Waals surface area contributed by atoms with Gasteiger partial charge in [-0.05, 0) is 40.5 Å². The second kappa shape index (κ2) is 6.77. The van der Waals surface area contributed by atoms with Crippen molar-refractivity contribution < 1.29 is 4.79 Å². The molecule has 0 fully saturated rings. The zero-order valence-corrected chi connectivity index (χ0v) is 12.5. The lowest BCUT2D eigenvalue weighted by Gasteiger charge is -2.14. The number of carbonyl (C=O) groups excluding carboxylic acids is 1. The fourth-order valence-corrected chi connectivity index (χ4v) is 2.57. The minimum atomic E-state index is -0.161. The third-order valence-electron chi connectivity index (χ3n) is 2.34. The van der Waals surface area contributed by atoms with E-state index in [1.54, 1.807) is 6.07 Å². The van der Waals surface area contributed by atoms with Crippen molar-refractivity contribution in [3.63, 3.8) is 0 Å². The van der Waals surface area contributed by atoms with Crippen molar-refractivity contribution in [1.29, 1.82) is 5.26 Å². The number of rotatable bonds is 4. The smallest absolute Gasteiger partial charge is 0.252 e. The molecule has 1 aromatic carbocycles. The van der Waals surface area contributed by atoms with Crippen LogP contribution in [0.1, 0.15) is 30.1 Å². The Kier molecular flexibility index (Phi) is 5.66. The van der Waals surface area contributed by atoms with Crippen molar-refractivity contribution in [3.05, 3.63) is 32.7 Å². The molecule has 90 valence electrons. The molecule has 0 radical (unpaired) electrons. The molecule has 0 saturated heterocycles. The maximum absolute atomic E-state index is 12.0. The lowest BCUT2D eigenvalue weighted by molar-refractivity contribution is 0.0936. The largest absolute Gasteiger partial charge is 0.348 e. The Morgan fingerprint density at radius 3 is 2.76 bits per heavy atom. The highest BCUT2D eigenvalue weighted by molar-refractivity contribution is 9.11. The van der Waals surface area contributed by atoms with Crippen LogP contribution in [0.15, 0.2) is 27.1 Å². The summed E-state index contributed by atoms with van der Waals surface area (Å²) in [6, 6.07) is 7.34. The lowest BCUT2D eigenvalue weighted by atomic mass is 10.1. The van der Waals surface area contributed by atoms with Crippen molar-refractivity contribution >= 4 is 37.8 Å². The number of hydrogen-bond acceptors (Lipinski definition) is 2. The molecule has 5 heteroatoms. The molecule has 1 unspecified atom stereocenters. The summed E-state index contributed by atoms with van der Waals surface area (Å²) in [5.41, 5.74) is 0.574. The first kappa shape index (κ1) is 14.2. The number of amides is 1. The van der Waals surface area contributed by atoms with E-state index in [1.165, 1.54) is 0 Å². The summed E-state index contributed by atoms with van der Waals surface area (Å²) in [7, 11) is 0. The van der Waals surface area contributed by atoms with Gasteiger partial charge in [-0.2, -0.15) is 5.26 Å². The predicted octanol–water partition coefficient (Wildman–Crippen LogP) is 3.63. The molecule has 1 aromatic rings. The maximum Gasteiger partial charge on any atom is 0.252 e. The lowest BCUT2D eigenvalue weighted by Crippen LogP contribution is -2.34. The van der Waals surface area contributed by atoms with Gasteiger partial charge in [0, 0.05) is 15.0 Å². The number of nitrogens with zero attached hydrogens (tertiary/aromatic N) is 1. The number of nitrogens with one attached hydrogen (secondary N) is 1. The van der Waals surface area contributed by atoms with Crippen LogP contribution in [0.25, 0.3) is 0 Å². The zero-order chi connectivity index (χ0) is 12.8. The predicted molar refractivity (Wildman–Crippen MR) is 73.6 cm³/mol. The van der Waals surface area contributed by atoms with Crippen LogP contribution in [0.4, 0.5) is 0 Å². The minimum absolute atomic E-state index is 0.0944. The van der Waals surface area contributed by atoms with Gasteiger partial charge >= 0.3 is 0 Å². The molecule has 0 aliphatic heterocycles. The van der Waals surface area contributed by atoms with Gasteiger partial charge in [0.05, 0.1) is 18.1 Å². The van der Waals surface area contributed by atoms with Gasteiger partial charge in [0.2, 0.25) is 0 Å². The molecule has 0 aliphatic rings. The van der Waals surface area contributed by atoms with E-state index in [1.807, 2.05) is 19.1 Å². The third-order valence-corrected chi connectivity index (χ3v) is 3.49.